The van der Waals surface area contributed by atoms with E-state index >= 15 is 0 Å². The predicted octanol–water partition coefficient (Wildman–Crippen LogP) is 5.20. The van der Waals surface area contributed by atoms with Crippen molar-refractivity contribution in [3.05, 3.63) is 83.8 Å². The summed E-state index contributed by atoms with van der Waals surface area (Å²) in [5, 5.41) is 4.84. The van der Waals surface area contributed by atoms with Crippen LogP contribution < -0.4 is 25.8 Å². The Kier molecular flexibility index (Phi) is 6.40. The summed E-state index contributed by atoms with van der Waals surface area (Å²) in [6, 6.07) is 9.85. The van der Waals surface area contributed by atoms with E-state index in [2.05, 4.69) is 15.6 Å². The van der Waals surface area contributed by atoms with Gasteiger partial charge in [0, 0.05) is 29.8 Å². The Labute approximate surface area is 196 Å². The van der Waals surface area contributed by atoms with E-state index < -0.39 is 29.4 Å². The van der Waals surface area contributed by atoms with Gasteiger partial charge in [-0.15, -0.1) is 0 Å². The molecular formula is C24H17F3N4O4. The summed E-state index contributed by atoms with van der Waals surface area (Å²) in [5.74, 6) is -2.73. The second-order valence-electron chi connectivity index (χ2n) is 7.19. The number of pyridine rings is 1. The number of aromatic nitrogens is 1. The number of ether oxygens (including phenoxy) is 2. The molecule has 0 saturated carbocycles. The van der Waals surface area contributed by atoms with Crippen molar-refractivity contribution >= 4 is 34.2 Å². The molecule has 11 heteroatoms. The molecule has 3 amide bonds. The molecule has 8 nitrogen and oxygen atoms in total. The molecule has 4 N–H and O–H groups in total. The lowest BCUT2D eigenvalue weighted by Gasteiger charge is -2.13. The number of amides is 3. The molecule has 0 unspecified atom stereocenters. The fourth-order valence-electron chi connectivity index (χ4n) is 3.25. The number of nitrogens with zero attached hydrogens (tertiary/aromatic N) is 1. The van der Waals surface area contributed by atoms with E-state index in [4.69, 9.17) is 15.2 Å². The van der Waals surface area contributed by atoms with Crippen LogP contribution in [0.25, 0.3) is 10.9 Å². The third-order valence-electron chi connectivity index (χ3n) is 4.88. The van der Waals surface area contributed by atoms with Crippen molar-refractivity contribution in [1.29, 1.82) is 0 Å². The highest BCUT2D eigenvalue weighted by Crippen LogP contribution is 2.34. The van der Waals surface area contributed by atoms with Crippen LogP contribution in [0.1, 0.15) is 10.4 Å². The van der Waals surface area contributed by atoms with Crippen LogP contribution in [0.2, 0.25) is 0 Å². The van der Waals surface area contributed by atoms with Crippen LogP contribution in [0, 0.1) is 17.5 Å². The number of nitrogens with one attached hydrogen (secondary N) is 2. The standard InChI is InChI=1S/C24H17F3N4O4/c1-34-22-11-20-14(10-15(22)23(28)32)21(6-7-29-20)35-13-3-5-19(17(27)9-13)31-24(33)30-18-4-2-12(25)8-16(18)26/h2-11H,1H3,(H2,28,32)(H2,30,31,33). The molecule has 0 bridgehead atoms. The number of methoxy groups -OCH3 is 1. The van der Waals surface area contributed by atoms with Gasteiger partial charge in [-0.1, -0.05) is 0 Å². The lowest BCUT2D eigenvalue weighted by atomic mass is 10.1. The van der Waals surface area contributed by atoms with Gasteiger partial charge in [0.25, 0.3) is 5.91 Å². The third kappa shape index (κ3) is 5.08. The van der Waals surface area contributed by atoms with Gasteiger partial charge in [-0.3, -0.25) is 9.78 Å². The van der Waals surface area contributed by atoms with Crippen LogP contribution in [-0.4, -0.2) is 24.0 Å². The summed E-state index contributed by atoms with van der Waals surface area (Å²) in [7, 11) is 1.39. The van der Waals surface area contributed by atoms with Crippen LogP contribution in [0.4, 0.5) is 29.3 Å². The van der Waals surface area contributed by atoms with Gasteiger partial charge in [-0.2, -0.15) is 0 Å². The summed E-state index contributed by atoms with van der Waals surface area (Å²) in [6.07, 6.45) is 1.46. The largest absolute Gasteiger partial charge is 0.496 e. The number of benzene rings is 3. The molecular weight excluding hydrogens is 465 g/mol. The van der Waals surface area contributed by atoms with Gasteiger partial charge in [0.15, 0.2) is 0 Å². The smallest absolute Gasteiger partial charge is 0.323 e. The second-order valence-corrected chi connectivity index (χ2v) is 7.19. The quantitative estimate of drug-likeness (QED) is 0.350. The van der Waals surface area contributed by atoms with Crippen molar-refractivity contribution in [2.45, 2.75) is 0 Å². The van der Waals surface area contributed by atoms with E-state index in [0.717, 1.165) is 18.2 Å². The Morgan fingerprint density at radius 2 is 1.57 bits per heavy atom. The summed E-state index contributed by atoms with van der Waals surface area (Å²) in [6.45, 7) is 0. The van der Waals surface area contributed by atoms with Crippen LogP contribution in [0.3, 0.4) is 0 Å². The minimum Gasteiger partial charge on any atom is -0.496 e. The molecule has 0 spiro atoms. The molecule has 0 radical (unpaired) electrons. The molecule has 178 valence electrons. The number of anilines is 2. The Hall–Kier alpha value is -4.80. The first-order chi connectivity index (χ1) is 16.7. The van der Waals surface area contributed by atoms with E-state index in [1.165, 1.54) is 43.6 Å². The normalized spacial score (nSPS) is 10.6. The number of nitrogens with two attached hydrogens (primary N) is 1. The van der Waals surface area contributed by atoms with Crippen molar-refractivity contribution in [2.24, 2.45) is 5.73 Å². The fourth-order valence-corrected chi connectivity index (χ4v) is 3.25. The number of primary amides is 1. The molecule has 3 aromatic carbocycles. The molecule has 0 aliphatic heterocycles. The number of halogens is 3. The first-order valence-electron chi connectivity index (χ1n) is 10.0. The zero-order valence-electron chi connectivity index (χ0n) is 18.1. The highest BCUT2D eigenvalue weighted by Gasteiger charge is 2.16. The zero-order chi connectivity index (χ0) is 25.1. The third-order valence-corrected chi connectivity index (χ3v) is 4.88. The van der Waals surface area contributed by atoms with Gasteiger partial charge in [-0.25, -0.2) is 18.0 Å². The van der Waals surface area contributed by atoms with Gasteiger partial charge < -0.3 is 25.8 Å². The predicted molar refractivity (Wildman–Crippen MR) is 122 cm³/mol. The van der Waals surface area contributed by atoms with Gasteiger partial charge in [0.2, 0.25) is 0 Å². The summed E-state index contributed by atoms with van der Waals surface area (Å²) in [5.41, 5.74) is 5.50. The van der Waals surface area contributed by atoms with Crippen molar-refractivity contribution in [1.82, 2.24) is 4.98 Å². The van der Waals surface area contributed by atoms with E-state index in [-0.39, 0.29) is 34.2 Å². The molecule has 0 aliphatic rings. The summed E-state index contributed by atoms with van der Waals surface area (Å²) >= 11 is 0. The van der Waals surface area contributed by atoms with Crippen LogP contribution >= 0.6 is 0 Å². The fraction of sp³-hybridized carbons (Fsp3) is 0.0417. The molecule has 4 aromatic rings. The highest BCUT2D eigenvalue weighted by atomic mass is 19.1. The Morgan fingerprint density at radius 3 is 2.20 bits per heavy atom. The molecule has 0 atom stereocenters. The molecule has 0 saturated heterocycles. The minimum atomic E-state index is -0.980. The average Bonchev–Trinajstić information content (AvgIpc) is 2.82. The number of urea groups is 1. The van der Waals surface area contributed by atoms with Crippen molar-refractivity contribution < 1.29 is 32.2 Å². The molecule has 1 heterocycles. The van der Waals surface area contributed by atoms with Gasteiger partial charge >= 0.3 is 6.03 Å². The lowest BCUT2D eigenvalue weighted by Crippen LogP contribution is -2.20. The first-order valence-corrected chi connectivity index (χ1v) is 10.0. The summed E-state index contributed by atoms with van der Waals surface area (Å²) < 4.78 is 52.3. The molecule has 0 aliphatic carbocycles. The van der Waals surface area contributed by atoms with Crippen LogP contribution in [-0.2, 0) is 0 Å². The van der Waals surface area contributed by atoms with E-state index in [0.29, 0.717) is 17.0 Å². The maximum absolute atomic E-state index is 14.6. The van der Waals surface area contributed by atoms with E-state index in [1.807, 2.05) is 0 Å². The first kappa shape index (κ1) is 23.4. The van der Waals surface area contributed by atoms with Crippen LogP contribution in [0.15, 0.2) is 60.8 Å². The second kappa shape index (κ2) is 9.59. The van der Waals surface area contributed by atoms with Crippen LogP contribution in [0.5, 0.6) is 17.2 Å². The number of carbonyl (C=O) groups excluding carboxylic acids is 2. The number of rotatable bonds is 6. The zero-order valence-corrected chi connectivity index (χ0v) is 18.1. The Balaban J connectivity index is 1.54. The number of hydrogen-bond donors (Lipinski definition) is 3. The SMILES string of the molecule is COc1cc2nccc(Oc3ccc(NC(=O)Nc4ccc(F)cc4F)c(F)c3)c2cc1C(N)=O. The lowest BCUT2D eigenvalue weighted by molar-refractivity contribution is 0.0997. The minimum absolute atomic E-state index is 0.0852. The van der Waals surface area contributed by atoms with Gasteiger partial charge in [0.1, 0.15) is 34.7 Å². The maximum Gasteiger partial charge on any atom is 0.323 e. The Bertz CT molecular complexity index is 1460. The molecule has 35 heavy (non-hydrogen) atoms. The molecule has 4 rings (SSSR count). The highest BCUT2D eigenvalue weighted by molar-refractivity contribution is 6.01. The number of hydrogen-bond acceptors (Lipinski definition) is 5. The van der Waals surface area contributed by atoms with Crippen molar-refractivity contribution in [3.8, 4) is 17.2 Å². The monoisotopic (exact) mass is 482 g/mol. The Morgan fingerprint density at radius 1 is 0.886 bits per heavy atom. The van der Waals surface area contributed by atoms with E-state index in [9.17, 15) is 22.8 Å². The van der Waals surface area contributed by atoms with Gasteiger partial charge in [0.05, 0.1) is 29.6 Å². The van der Waals surface area contributed by atoms with Crippen molar-refractivity contribution in [2.75, 3.05) is 17.7 Å². The molecule has 1 aromatic heterocycles. The van der Waals surface area contributed by atoms with Gasteiger partial charge in [-0.05, 0) is 36.4 Å². The molecule has 0 fully saturated rings. The number of fused-ring (bicyclic) bond motifs is 1. The topological polar surface area (TPSA) is 116 Å². The van der Waals surface area contributed by atoms with Crippen molar-refractivity contribution in [3.63, 3.8) is 0 Å². The number of carbonyl (C=O) groups is 2. The van der Waals surface area contributed by atoms with E-state index in [1.54, 1.807) is 0 Å². The summed E-state index contributed by atoms with van der Waals surface area (Å²) in [4.78, 5) is 28.1. The average molecular weight is 482 g/mol. The maximum atomic E-state index is 14.6.